The minimum absolute atomic E-state index is 0.408. The molecule has 0 saturated heterocycles. The third-order valence-electron chi connectivity index (χ3n) is 3.93. The number of rotatable bonds is 8. The van der Waals surface area contributed by atoms with Gasteiger partial charge in [0.15, 0.2) is 0 Å². The van der Waals surface area contributed by atoms with E-state index in [1.807, 2.05) is 0 Å². The van der Waals surface area contributed by atoms with E-state index in [-0.39, 0.29) is 0 Å². The van der Waals surface area contributed by atoms with Crippen LogP contribution in [0.1, 0.15) is 32.6 Å². The van der Waals surface area contributed by atoms with Gasteiger partial charge in [-0.25, -0.2) is 0 Å². The molecule has 0 aromatic rings. The van der Waals surface area contributed by atoms with Gasteiger partial charge in [-0.3, -0.25) is 4.90 Å². The second-order valence-corrected chi connectivity index (χ2v) is 5.58. The number of ether oxygens (including phenoxy) is 2. The molecule has 0 aromatic heterocycles. The van der Waals surface area contributed by atoms with Gasteiger partial charge in [0.2, 0.25) is 0 Å². The van der Waals surface area contributed by atoms with Gasteiger partial charge >= 0.3 is 0 Å². The maximum absolute atomic E-state index is 6.07. The Labute approximate surface area is 112 Å². The molecule has 1 rings (SSSR count). The van der Waals surface area contributed by atoms with E-state index in [2.05, 4.69) is 11.8 Å². The van der Waals surface area contributed by atoms with E-state index in [1.54, 1.807) is 14.2 Å². The van der Waals surface area contributed by atoms with Crippen molar-refractivity contribution in [3.05, 3.63) is 0 Å². The first-order chi connectivity index (χ1) is 8.67. The van der Waals surface area contributed by atoms with Crippen LogP contribution in [-0.2, 0) is 9.47 Å². The second kappa shape index (κ2) is 8.86. The Balaban J connectivity index is 2.42. The van der Waals surface area contributed by atoms with E-state index >= 15 is 0 Å². The van der Waals surface area contributed by atoms with Crippen LogP contribution in [0.4, 0.5) is 0 Å². The molecule has 0 bridgehead atoms. The third-order valence-corrected chi connectivity index (χ3v) is 3.93. The lowest BCUT2D eigenvalue weighted by atomic mass is 9.85. The average molecular weight is 258 g/mol. The first-order valence-corrected chi connectivity index (χ1v) is 7.14. The summed E-state index contributed by atoms with van der Waals surface area (Å²) in [6, 6.07) is 0.856. The highest BCUT2D eigenvalue weighted by molar-refractivity contribution is 4.79. The van der Waals surface area contributed by atoms with Crippen LogP contribution in [-0.4, -0.2) is 57.5 Å². The highest BCUT2D eigenvalue weighted by Crippen LogP contribution is 2.24. The smallest absolute Gasteiger partial charge is 0.0615 e. The first kappa shape index (κ1) is 15.9. The molecule has 0 aromatic carbocycles. The summed E-state index contributed by atoms with van der Waals surface area (Å²) in [5, 5.41) is 0. The van der Waals surface area contributed by atoms with Gasteiger partial charge in [0.1, 0.15) is 0 Å². The number of hydrogen-bond acceptors (Lipinski definition) is 4. The normalized spacial score (nSPS) is 26.5. The van der Waals surface area contributed by atoms with Crippen LogP contribution in [0.25, 0.3) is 0 Å². The summed E-state index contributed by atoms with van der Waals surface area (Å²) in [6.07, 6.45) is 4.96. The summed E-state index contributed by atoms with van der Waals surface area (Å²) in [6.45, 7) is 5.89. The van der Waals surface area contributed by atoms with Gasteiger partial charge in [0.25, 0.3) is 0 Å². The Morgan fingerprint density at radius 3 is 2.67 bits per heavy atom. The number of methoxy groups -OCH3 is 2. The van der Waals surface area contributed by atoms with Crippen molar-refractivity contribution in [2.24, 2.45) is 11.7 Å². The summed E-state index contributed by atoms with van der Waals surface area (Å²) in [4.78, 5) is 2.48. The Kier molecular flexibility index (Phi) is 7.82. The van der Waals surface area contributed by atoms with Crippen LogP contribution < -0.4 is 5.73 Å². The van der Waals surface area contributed by atoms with Crippen molar-refractivity contribution in [1.82, 2.24) is 4.90 Å². The van der Waals surface area contributed by atoms with Crippen LogP contribution in [0.5, 0.6) is 0 Å². The van der Waals surface area contributed by atoms with Crippen LogP contribution in [0, 0.1) is 5.92 Å². The van der Waals surface area contributed by atoms with Gasteiger partial charge in [-0.2, -0.15) is 0 Å². The Morgan fingerprint density at radius 1 is 1.28 bits per heavy atom. The predicted molar refractivity (Wildman–Crippen MR) is 74.7 cm³/mol. The lowest BCUT2D eigenvalue weighted by Crippen LogP contribution is -2.43. The zero-order valence-corrected chi connectivity index (χ0v) is 12.2. The van der Waals surface area contributed by atoms with Crippen molar-refractivity contribution in [2.75, 3.05) is 40.5 Å². The van der Waals surface area contributed by atoms with Gasteiger partial charge in [-0.1, -0.05) is 6.42 Å². The highest BCUT2D eigenvalue weighted by Gasteiger charge is 2.23. The van der Waals surface area contributed by atoms with Gasteiger partial charge in [0, 0.05) is 39.4 Å². The van der Waals surface area contributed by atoms with Crippen molar-refractivity contribution in [2.45, 2.75) is 44.7 Å². The second-order valence-electron chi connectivity index (χ2n) is 5.58. The molecule has 1 aliphatic carbocycles. The van der Waals surface area contributed by atoms with E-state index in [1.165, 1.54) is 25.7 Å². The standard InChI is InChI=1S/C14H30N2O2/c1-12(11-18-3)16(7-8-17-2)10-13-5-4-6-14(15)9-13/h12-14H,4-11,15H2,1-3H3. The molecule has 0 aliphatic heterocycles. The molecule has 3 unspecified atom stereocenters. The van der Waals surface area contributed by atoms with E-state index in [0.29, 0.717) is 12.1 Å². The van der Waals surface area contributed by atoms with E-state index < -0.39 is 0 Å². The molecule has 0 spiro atoms. The molecule has 1 aliphatic rings. The molecule has 4 nitrogen and oxygen atoms in total. The molecule has 108 valence electrons. The predicted octanol–water partition coefficient (Wildman–Crippen LogP) is 1.49. The third kappa shape index (κ3) is 5.65. The highest BCUT2D eigenvalue weighted by atomic mass is 16.5. The van der Waals surface area contributed by atoms with E-state index in [0.717, 1.165) is 32.2 Å². The van der Waals surface area contributed by atoms with Gasteiger partial charge in [-0.15, -0.1) is 0 Å². The molecule has 0 radical (unpaired) electrons. The monoisotopic (exact) mass is 258 g/mol. The van der Waals surface area contributed by atoms with Gasteiger partial charge in [-0.05, 0) is 32.1 Å². The van der Waals surface area contributed by atoms with Crippen molar-refractivity contribution >= 4 is 0 Å². The van der Waals surface area contributed by atoms with Crippen molar-refractivity contribution in [1.29, 1.82) is 0 Å². The summed E-state index contributed by atoms with van der Waals surface area (Å²) >= 11 is 0. The molecular formula is C14H30N2O2. The molecule has 1 fully saturated rings. The fourth-order valence-electron chi connectivity index (χ4n) is 2.88. The number of hydrogen-bond donors (Lipinski definition) is 1. The van der Waals surface area contributed by atoms with Gasteiger partial charge < -0.3 is 15.2 Å². The van der Waals surface area contributed by atoms with E-state index in [9.17, 15) is 0 Å². The Hall–Kier alpha value is -0.160. The zero-order chi connectivity index (χ0) is 13.4. The summed E-state index contributed by atoms with van der Waals surface area (Å²) < 4.78 is 10.5. The lowest BCUT2D eigenvalue weighted by molar-refractivity contribution is 0.0592. The molecule has 0 amide bonds. The minimum atomic E-state index is 0.408. The summed E-state index contributed by atoms with van der Waals surface area (Å²) in [5.41, 5.74) is 6.07. The van der Waals surface area contributed by atoms with E-state index in [4.69, 9.17) is 15.2 Å². The zero-order valence-electron chi connectivity index (χ0n) is 12.2. The van der Waals surface area contributed by atoms with Crippen LogP contribution >= 0.6 is 0 Å². The van der Waals surface area contributed by atoms with Crippen molar-refractivity contribution in [3.63, 3.8) is 0 Å². The SMILES string of the molecule is COCCN(CC1CCCC(N)C1)C(C)COC. The molecule has 18 heavy (non-hydrogen) atoms. The fraction of sp³-hybridized carbons (Fsp3) is 1.00. The van der Waals surface area contributed by atoms with Crippen LogP contribution in [0.2, 0.25) is 0 Å². The molecule has 2 N–H and O–H groups in total. The van der Waals surface area contributed by atoms with Gasteiger partial charge in [0.05, 0.1) is 13.2 Å². The van der Waals surface area contributed by atoms with Crippen LogP contribution in [0.15, 0.2) is 0 Å². The van der Waals surface area contributed by atoms with Crippen LogP contribution in [0.3, 0.4) is 0 Å². The minimum Gasteiger partial charge on any atom is -0.383 e. The maximum atomic E-state index is 6.07. The summed E-state index contributed by atoms with van der Waals surface area (Å²) in [5.74, 6) is 0.741. The largest absolute Gasteiger partial charge is 0.383 e. The summed E-state index contributed by atoms with van der Waals surface area (Å²) in [7, 11) is 3.53. The molecule has 1 saturated carbocycles. The number of nitrogens with two attached hydrogens (primary N) is 1. The first-order valence-electron chi connectivity index (χ1n) is 7.14. The maximum Gasteiger partial charge on any atom is 0.0615 e. The Bertz CT molecular complexity index is 214. The quantitative estimate of drug-likeness (QED) is 0.716. The lowest BCUT2D eigenvalue weighted by Gasteiger charge is -2.35. The fourth-order valence-corrected chi connectivity index (χ4v) is 2.88. The Morgan fingerprint density at radius 2 is 2.06 bits per heavy atom. The average Bonchev–Trinajstić information content (AvgIpc) is 2.34. The molecule has 4 heteroatoms. The topological polar surface area (TPSA) is 47.7 Å². The van der Waals surface area contributed by atoms with Crippen molar-refractivity contribution in [3.8, 4) is 0 Å². The number of nitrogens with zero attached hydrogens (tertiary/aromatic N) is 1. The molecule has 3 atom stereocenters. The molecule has 0 heterocycles. The van der Waals surface area contributed by atoms with Crippen molar-refractivity contribution < 1.29 is 9.47 Å². The molecular weight excluding hydrogens is 228 g/mol.